The van der Waals surface area contributed by atoms with E-state index < -0.39 is 47.8 Å². The third-order valence-corrected chi connectivity index (χ3v) is 5.64. The van der Waals surface area contributed by atoms with Gasteiger partial charge in [-0.3, -0.25) is 9.59 Å². The van der Waals surface area contributed by atoms with Crippen LogP contribution in [0.15, 0.2) is 59.4 Å². The molecule has 3 aromatic rings. The molecule has 35 heavy (non-hydrogen) atoms. The summed E-state index contributed by atoms with van der Waals surface area (Å²) in [6.07, 6.45) is -3.59. The van der Waals surface area contributed by atoms with Crippen molar-refractivity contribution in [1.29, 1.82) is 0 Å². The zero-order valence-corrected chi connectivity index (χ0v) is 18.3. The van der Waals surface area contributed by atoms with E-state index in [1.807, 2.05) is 0 Å². The number of aromatic nitrogens is 2. The largest absolute Gasteiger partial charge is 0.416 e. The Hall–Kier alpha value is -3.57. The lowest BCUT2D eigenvalue weighted by Gasteiger charge is -2.22. The maximum Gasteiger partial charge on any atom is 0.416 e. The molecule has 2 atom stereocenters. The SMILES string of the molecule is O=C(NC(CO)[C@H]1CCCO1)c1cc(-c2ccc(C(F)(F)F)cc2)nn(-c2cccc(F)c2)c1=O. The molecular formula is C24H21F4N3O4. The molecule has 2 aromatic carbocycles. The number of halogens is 4. The smallest absolute Gasteiger partial charge is 0.394 e. The van der Waals surface area contributed by atoms with Gasteiger partial charge in [0.2, 0.25) is 0 Å². The highest BCUT2D eigenvalue weighted by atomic mass is 19.4. The zero-order valence-electron chi connectivity index (χ0n) is 18.3. The van der Waals surface area contributed by atoms with Gasteiger partial charge in [0.05, 0.1) is 35.7 Å². The minimum absolute atomic E-state index is 0.0189. The van der Waals surface area contributed by atoms with Crippen molar-refractivity contribution < 1.29 is 32.2 Å². The number of benzene rings is 2. The number of hydrogen-bond acceptors (Lipinski definition) is 5. The third kappa shape index (κ3) is 5.41. The first-order chi connectivity index (χ1) is 16.7. The number of hydrogen-bond donors (Lipinski definition) is 2. The summed E-state index contributed by atoms with van der Waals surface area (Å²) in [5.41, 5.74) is -1.88. The van der Waals surface area contributed by atoms with Gasteiger partial charge in [-0.05, 0) is 49.2 Å². The van der Waals surface area contributed by atoms with Gasteiger partial charge in [0, 0.05) is 12.2 Å². The first-order valence-corrected chi connectivity index (χ1v) is 10.8. The fourth-order valence-electron chi connectivity index (χ4n) is 3.83. The Balaban J connectivity index is 1.78. The van der Waals surface area contributed by atoms with Crippen molar-refractivity contribution in [2.75, 3.05) is 13.2 Å². The van der Waals surface area contributed by atoms with Crippen LogP contribution in [0.25, 0.3) is 16.9 Å². The summed E-state index contributed by atoms with van der Waals surface area (Å²) in [5, 5.41) is 16.5. The van der Waals surface area contributed by atoms with Crippen LogP contribution in [-0.4, -0.2) is 46.2 Å². The van der Waals surface area contributed by atoms with Gasteiger partial charge in [0.1, 0.15) is 11.4 Å². The summed E-state index contributed by atoms with van der Waals surface area (Å²) < 4.78 is 59.1. The van der Waals surface area contributed by atoms with Gasteiger partial charge in [-0.2, -0.15) is 23.0 Å². The summed E-state index contributed by atoms with van der Waals surface area (Å²) >= 11 is 0. The first kappa shape index (κ1) is 24.6. The zero-order chi connectivity index (χ0) is 25.2. The van der Waals surface area contributed by atoms with Gasteiger partial charge in [-0.25, -0.2) is 4.39 Å². The highest BCUT2D eigenvalue weighted by Crippen LogP contribution is 2.30. The Morgan fingerprint density at radius 1 is 1.20 bits per heavy atom. The number of ether oxygens (including phenoxy) is 1. The van der Waals surface area contributed by atoms with E-state index >= 15 is 0 Å². The molecular weight excluding hydrogens is 470 g/mol. The van der Waals surface area contributed by atoms with E-state index in [9.17, 15) is 32.3 Å². The van der Waals surface area contributed by atoms with Gasteiger partial charge >= 0.3 is 6.18 Å². The van der Waals surface area contributed by atoms with Crippen molar-refractivity contribution in [2.45, 2.75) is 31.2 Å². The van der Waals surface area contributed by atoms with Crippen molar-refractivity contribution in [1.82, 2.24) is 15.1 Å². The second kappa shape index (κ2) is 9.96. The van der Waals surface area contributed by atoms with Crippen LogP contribution in [0.1, 0.15) is 28.8 Å². The van der Waals surface area contributed by atoms with Crippen LogP contribution in [0.2, 0.25) is 0 Å². The van der Waals surface area contributed by atoms with Crippen LogP contribution in [0.3, 0.4) is 0 Å². The topological polar surface area (TPSA) is 93.4 Å². The minimum Gasteiger partial charge on any atom is -0.394 e. The number of amides is 1. The molecule has 2 heterocycles. The van der Waals surface area contributed by atoms with E-state index in [0.29, 0.717) is 13.0 Å². The molecule has 0 saturated carbocycles. The van der Waals surface area contributed by atoms with E-state index in [-0.39, 0.29) is 22.5 Å². The lowest BCUT2D eigenvalue weighted by molar-refractivity contribution is -0.137. The molecule has 4 rings (SSSR count). The molecule has 1 aliphatic heterocycles. The number of aliphatic hydroxyl groups is 1. The number of carbonyl (C=O) groups excluding carboxylic acids is 1. The van der Waals surface area contributed by atoms with Crippen LogP contribution in [-0.2, 0) is 10.9 Å². The average Bonchev–Trinajstić information content (AvgIpc) is 3.37. The third-order valence-electron chi connectivity index (χ3n) is 5.64. The fourth-order valence-corrected chi connectivity index (χ4v) is 3.83. The fraction of sp³-hybridized carbons (Fsp3) is 0.292. The van der Waals surface area contributed by atoms with Crippen LogP contribution >= 0.6 is 0 Å². The van der Waals surface area contributed by atoms with Gasteiger partial charge in [-0.1, -0.05) is 18.2 Å². The Labute approximate surface area is 197 Å². The quantitative estimate of drug-likeness (QED) is 0.516. The summed E-state index contributed by atoms with van der Waals surface area (Å²) in [6, 6.07) is 9.37. The maximum absolute atomic E-state index is 13.8. The lowest BCUT2D eigenvalue weighted by atomic mass is 10.1. The van der Waals surface area contributed by atoms with Crippen molar-refractivity contribution in [3.8, 4) is 16.9 Å². The van der Waals surface area contributed by atoms with Crippen molar-refractivity contribution in [3.05, 3.63) is 81.9 Å². The summed E-state index contributed by atoms with van der Waals surface area (Å²) in [4.78, 5) is 26.2. The molecule has 0 aliphatic carbocycles. The highest BCUT2D eigenvalue weighted by molar-refractivity contribution is 5.95. The molecule has 7 nitrogen and oxygen atoms in total. The van der Waals surface area contributed by atoms with Crippen LogP contribution in [0, 0.1) is 5.82 Å². The van der Waals surface area contributed by atoms with Crippen molar-refractivity contribution in [2.24, 2.45) is 0 Å². The molecule has 11 heteroatoms. The summed E-state index contributed by atoms with van der Waals surface area (Å²) in [7, 11) is 0. The normalized spacial score (nSPS) is 16.8. The molecule has 0 bridgehead atoms. The number of nitrogens with one attached hydrogen (secondary N) is 1. The van der Waals surface area contributed by atoms with Crippen molar-refractivity contribution in [3.63, 3.8) is 0 Å². The molecule has 0 radical (unpaired) electrons. The first-order valence-electron chi connectivity index (χ1n) is 10.8. The standard InChI is InChI=1S/C24H21F4N3O4/c25-16-3-1-4-17(11-16)31-23(34)18(22(33)29-20(13-32)21-5-2-10-35-21)12-19(30-31)14-6-8-15(9-7-14)24(26,27)28/h1,3-4,6-9,11-12,20-21,32H,2,5,10,13H2,(H,29,33)/t20?,21-/m1/s1. The molecule has 1 amide bonds. The summed E-state index contributed by atoms with van der Waals surface area (Å²) in [6.45, 7) is 0.0576. The van der Waals surface area contributed by atoms with Crippen LogP contribution < -0.4 is 10.9 Å². The number of carbonyl (C=O) groups is 1. The lowest BCUT2D eigenvalue weighted by Crippen LogP contribution is -2.47. The molecule has 1 unspecified atom stereocenters. The van der Waals surface area contributed by atoms with E-state index in [4.69, 9.17) is 4.74 Å². The van der Waals surface area contributed by atoms with E-state index in [2.05, 4.69) is 10.4 Å². The molecule has 1 fully saturated rings. The second-order valence-electron chi connectivity index (χ2n) is 8.03. The Morgan fingerprint density at radius 3 is 2.54 bits per heavy atom. The second-order valence-corrected chi connectivity index (χ2v) is 8.03. The number of rotatable bonds is 6. The van der Waals surface area contributed by atoms with E-state index in [0.717, 1.165) is 53.6 Å². The average molecular weight is 491 g/mol. The number of nitrogens with zero attached hydrogens (tertiary/aromatic N) is 2. The van der Waals surface area contributed by atoms with Crippen LogP contribution in [0.5, 0.6) is 0 Å². The summed E-state index contributed by atoms with van der Waals surface area (Å²) in [5.74, 6) is -1.48. The molecule has 2 N–H and O–H groups in total. The van der Waals surface area contributed by atoms with Gasteiger partial charge in [0.15, 0.2) is 0 Å². The van der Waals surface area contributed by atoms with Crippen molar-refractivity contribution >= 4 is 5.91 Å². The number of alkyl halides is 3. The predicted molar refractivity (Wildman–Crippen MR) is 118 cm³/mol. The van der Waals surface area contributed by atoms with Gasteiger partial charge in [0.25, 0.3) is 11.5 Å². The molecule has 0 spiro atoms. The Morgan fingerprint density at radius 2 is 1.94 bits per heavy atom. The minimum atomic E-state index is -4.54. The number of aliphatic hydroxyl groups excluding tert-OH is 1. The highest BCUT2D eigenvalue weighted by Gasteiger charge is 2.31. The van der Waals surface area contributed by atoms with Gasteiger partial charge in [-0.15, -0.1) is 0 Å². The predicted octanol–water partition coefficient (Wildman–Crippen LogP) is 3.33. The van der Waals surface area contributed by atoms with E-state index in [1.54, 1.807) is 0 Å². The molecule has 1 aliphatic rings. The molecule has 1 aromatic heterocycles. The molecule has 1 saturated heterocycles. The van der Waals surface area contributed by atoms with E-state index in [1.165, 1.54) is 12.1 Å². The molecule has 184 valence electrons. The Kier molecular flexibility index (Phi) is 6.99. The van der Waals surface area contributed by atoms with Gasteiger partial charge < -0.3 is 15.2 Å². The monoisotopic (exact) mass is 491 g/mol. The van der Waals surface area contributed by atoms with Crippen LogP contribution in [0.4, 0.5) is 17.6 Å². The maximum atomic E-state index is 13.8. The Bertz CT molecular complexity index is 1270.